The van der Waals surface area contributed by atoms with Gasteiger partial charge in [-0.25, -0.2) is 4.79 Å². The number of aromatic nitrogens is 2. The summed E-state index contributed by atoms with van der Waals surface area (Å²) in [4.78, 5) is 39.7. The van der Waals surface area contributed by atoms with Gasteiger partial charge in [-0.05, 0) is 12.0 Å². The number of nitrogens with zero attached hydrogens (tertiary/aromatic N) is 2. The van der Waals surface area contributed by atoms with Crippen LogP contribution in [0.2, 0.25) is 0 Å². The molecule has 2 N–H and O–H groups in total. The van der Waals surface area contributed by atoms with E-state index in [0.29, 0.717) is 31.6 Å². The van der Waals surface area contributed by atoms with Crippen LogP contribution < -0.4 is 11.1 Å². The van der Waals surface area contributed by atoms with Gasteiger partial charge < -0.3 is 10.2 Å². The van der Waals surface area contributed by atoms with E-state index in [4.69, 9.17) is 0 Å². The predicted molar refractivity (Wildman–Crippen MR) is 88.5 cm³/mol. The Kier molecular flexibility index (Phi) is 4.97. The number of likely N-dealkylation sites (tertiary alicyclic amines) is 1. The van der Waals surface area contributed by atoms with Crippen LogP contribution in [0.3, 0.4) is 0 Å². The van der Waals surface area contributed by atoms with Crippen LogP contribution in [-0.4, -0.2) is 40.4 Å². The summed E-state index contributed by atoms with van der Waals surface area (Å²) in [7, 11) is 1.74. The fourth-order valence-corrected chi connectivity index (χ4v) is 3.22. The van der Waals surface area contributed by atoms with Crippen molar-refractivity contribution in [2.45, 2.75) is 25.3 Å². The molecule has 0 saturated carbocycles. The molecule has 25 heavy (non-hydrogen) atoms. The average Bonchev–Trinajstić information content (AvgIpc) is 3.03. The quantitative estimate of drug-likeness (QED) is 0.827. The minimum atomic E-state index is -0.613. The van der Waals surface area contributed by atoms with Crippen molar-refractivity contribution in [3.05, 3.63) is 52.3 Å². The minimum Gasteiger partial charge on any atom is -0.355 e. The maximum Gasteiger partial charge on any atom is 0.438 e. The number of nitrogens with one attached hydrogen (secondary N) is 2. The Morgan fingerprint density at radius 3 is 2.80 bits per heavy atom. The van der Waals surface area contributed by atoms with Crippen LogP contribution in [0.4, 0.5) is 0 Å². The second kappa shape index (κ2) is 7.33. The number of carbonyl (C=O) groups is 2. The van der Waals surface area contributed by atoms with Crippen molar-refractivity contribution in [1.29, 1.82) is 0 Å². The molecule has 132 valence electrons. The highest BCUT2D eigenvalue weighted by atomic mass is 16.5. The number of benzene rings is 1. The van der Waals surface area contributed by atoms with Crippen molar-refractivity contribution in [2.75, 3.05) is 13.6 Å². The molecule has 3 rings (SSSR count). The minimum absolute atomic E-state index is 0.0399. The summed E-state index contributed by atoms with van der Waals surface area (Å²) < 4.78 is 4.42. The summed E-state index contributed by atoms with van der Waals surface area (Å²) in [6.07, 6.45) is 1.23. The van der Waals surface area contributed by atoms with Crippen molar-refractivity contribution in [3.8, 4) is 0 Å². The van der Waals surface area contributed by atoms with E-state index in [2.05, 4.69) is 20.0 Å². The number of aromatic amines is 1. The molecular weight excluding hydrogens is 324 g/mol. The summed E-state index contributed by atoms with van der Waals surface area (Å²) in [5, 5.41) is 6.43. The summed E-state index contributed by atoms with van der Waals surface area (Å²) >= 11 is 0. The molecule has 1 aromatic carbocycles. The molecule has 0 aliphatic carbocycles. The average molecular weight is 344 g/mol. The zero-order valence-electron chi connectivity index (χ0n) is 13.9. The maximum atomic E-state index is 12.7. The third kappa shape index (κ3) is 3.78. The fraction of sp³-hybridized carbons (Fsp3) is 0.412. The van der Waals surface area contributed by atoms with Gasteiger partial charge in [-0.1, -0.05) is 35.5 Å². The molecule has 2 aromatic rings. The van der Waals surface area contributed by atoms with Crippen LogP contribution in [-0.2, 0) is 16.0 Å². The molecular formula is C17H20N4O4. The molecule has 2 heterocycles. The summed E-state index contributed by atoms with van der Waals surface area (Å²) in [6, 6.07) is 9.28. The molecule has 1 fully saturated rings. The number of carbonyl (C=O) groups excluding carboxylic acids is 2. The summed E-state index contributed by atoms with van der Waals surface area (Å²) in [6.45, 7) is 0.330. The Bertz CT molecular complexity index is 798. The smallest absolute Gasteiger partial charge is 0.355 e. The lowest BCUT2D eigenvalue weighted by Gasteiger charge is -2.38. The molecule has 2 unspecified atom stereocenters. The van der Waals surface area contributed by atoms with E-state index < -0.39 is 5.76 Å². The molecule has 0 bridgehead atoms. The van der Waals surface area contributed by atoms with Crippen molar-refractivity contribution >= 4 is 11.8 Å². The van der Waals surface area contributed by atoms with Crippen molar-refractivity contribution in [1.82, 2.24) is 20.4 Å². The molecule has 1 aromatic heterocycles. The third-order valence-electron chi connectivity index (χ3n) is 4.48. The van der Waals surface area contributed by atoms with E-state index in [1.54, 1.807) is 11.9 Å². The normalized spacial score (nSPS) is 20.5. The molecule has 8 nitrogen and oxygen atoms in total. The van der Waals surface area contributed by atoms with Crippen LogP contribution in [0.25, 0.3) is 0 Å². The highest BCUT2D eigenvalue weighted by Gasteiger charge is 2.38. The van der Waals surface area contributed by atoms with Gasteiger partial charge in [0.15, 0.2) is 5.82 Å². The van der Waals surface area contributed by atoms with Gasteiger partial charge >= 0.3 is 5.76 Å². The molecule has 1 saturated heterocycles. The molecule has 2 atom stereocenters. The number of rotatable bonds is 5. The highest BCUT2D eigenvalue weighted by molar-refractivity contribution is 5.84. The molecule has 8 heteroatoms. The van der Waals surface area contributed by atoms with Crippen LogP contribution >= 0.6 is 0 Å². The Balaban J connectivity index is 1.68. The van der Waals surface area contributed by atoms with Gasteiger partial charge in [0.25, 0.3) is 0 Å². The van der Waals surface area contributed by atoms with Gasteiger partial charge in [0.1, 0.15) is 0 Å². The zero-order valence-corrected chi connectivity index (χ0v) is 13.9. The first-order chi connectivity index (χ1) is 12.1. The lowest BCUT2D eigenvalue weighted by molar-refractivity contribution is -0.141. The predicted octanol–water partition coefficient (Wildman–Crippen LogP) is 0.631. The van der Waals surface area contributed by atoms with Crippen molar-refractivity contribution in [2.24, 2.45) is 5.92 Å². The molecule has 1 aliphatic rings. The van der Waals surface area contributed by atoms with E-state index >= 15 is 0 Å². The highest BCUT2D eigenvalue weighted by Crippen LogP contribution is 2.35. The number of piperidine rings is 1. The SMILES string of the molecule is CN1C(=O)CCC(C(=O)NCCc2noc(=O)[nH]2)C1c1ccccc1. The van der Waals surface area contributed by atoms with Crippen molar-refractivity contribution < 1.29 is 14.1 Å². The van der Waals surface area contributed by atoms with Gasteiger partial charge in [-0.3, -0.25) is 19.1 Å². The van der Waals surface area contributed by atoms with E-state index in [0.717, 1.165) is 5.56 Å². The number of amides is 2. The van der Waals surface area contributed by atoms with Gasteiger partial charge in [0.2, 0.25) is 11.8 Å². The topological polar surface area (TPSA) is 108 Å². The molecule has 1 aliphatic heterocycles. The van der Waals surface area contributed by atoms with Gasteiger partial charge in [0, 0.05) is 26.4 Å². The van der Waals surface area contributed by atoms with Crippen LogP contribution in [0, 0.1) is 5.92 Å². The summed E-state index contributed by atoms with van der Waals surface area (Å²) in [5.41, 5.74) is 0.944. The lowest BCUT2D eigenvalue weighted by atomic mass is 9.84. The Hall–Kier alpha value is -2.90. The molecule has 2 amide bonds. The first-order valence-corrected chi connectivity index (χ1v) is 8.19. The van der Waals surface area contributed by atoms with Crippen LogP contribution in [0.1, 0.15) is 30.3 Å². The Morgan fingerprint density at radius 2 is 2.12 bits per heavy atom. The van der Waals surface area contributed by atoms with E-state index in [-0.39, 0.29) is 23.8 Å². The van der Waals surface area contributed by atoms with E-state index in [1.165, 1.54) is 0 Å². The standard InChI is InChI=1S/C17H20N4O4/c1-21-14(22)8-7-12(15(21)11-5-3-2-4-6-11)16(23)18-10-9-13-19-17(24)25-20-13/h2-6,12,15H,7-10H2,1H3,(H,18,23)(H,19,20,24). The largest absolute Gasteiger partial charge is 0.438 e. The van der Waals surface area contributed by atoms with Crippen LogP contribution in [0.15, 0.2) is 39.6 Å². The van der Waals surface area contributed by atoms with Gasteiger partial charge in [-0.2, -0.15) is 0 Å². The molecule has 0 spiro atoms. The first kappa shape index (κ1) is 16.9. The maximum absolute atomic E-state index is 12.7. The fourth-order valence-electron chi connectivity index (χ4n) is 3.22. The van der Waals surface area contributed by atoms with E-state index in [1.807, 2.05) is 30.3 Å². The summed E-state index contributed by atoms with van der Waals surface area (Å²) in [5.74, 6) is -0.614. The first-order valence-electron chi connectivity index (χ1n) is 8.19. The number of hydrogen-bond acceptors (Lipinski definition) is 5. The van der Waals surface area contributed by atoms with Crippen LogP contribution in [0.5, 0.6) is 0 Å². The van der Waals surface area contributed by atoms with Gasteiger partial charge in [-0.15, -0.1) is 0 Å². The zero-order chi connectivity index (χ0) is 17.8. The number of hydrogen-bond donors (Lipinski definition) is 2. The van der Waals surface area contributed by atoms with E-state index in [9.17, 15) is 14.4 Å². The Morgan fingerprint density at radius 1 is 1.36 bits per heavy atom. The Labute approximate surface area is 144 Å². The monoisotopic (exact) mass is 344 g/mol. The van der Waals surface area contributed by atoms with Crippen molar-refractivity contribution in [3.63, 3.8) is 0 Å². The lowest BCUT2D eigenvalue weighted by Crippen LogP contribution is -2.46. The third-order valence-corrected chi connectivity index (χ3v) is 4.48. The second-order valence-corrected chi connectivity index (χ2v) is 6.09. The molecule has 0 radical (unpaired) electrons. The van der Waals surface area contributed by atoms with Gasteiger partial charge in [0.05, 0.1) is 12.0 Å². The number of H-pyrrole nitrogens is 1. The second-order valence-electron chi connectivity index (χ2n) is 6.09.